The molecule has 0 fully saturated rings. The maximum Gasteiger partial charge on any atom is 0.419 e. The van der Waals surface area contributed by atoms with Crippen LogP contribution in [0, 0.1) is 0 Å². The number of carbonyl (C=O) groups is 1. The maximum atomic E-state index is 13.1. The Balaban J connectivity index is 1.71. The van der Waals surface area contributed by atoms with E-state index in [0.29, 0.717) is 16.6 Å². The summed E-state index contributed by atoms with van der Waals surface area (Å²) in [6, 6.07) is 8.90. The number of rotatable bonds is 3. The summed E-state index contributed by atoms with van der Waals surface area (Å²) < 4.78 is 39.4. The molecule has 0 aliphatic rings. The fraction of sp³-hybridized carbons (Fsp3) is 0.0526. The molecule has 0 saturated heterocycles. The molecule has 10 heteroatoms. The van der Waals surface area contributed by atoms with Gasteiger partial charge in [-0.2, -0.15) is 18.3 Å². The van der Waals surface area contributed by atoms with E-state index in [1.165, 1.54) is 12.4 Å². The maximum absolute atomic E-state index is 13.1. The van der Waals surface area contributed by atoms with Crippen molar-refractivity contribution in [3.63, 3.8) is 0 Å². The highest BCUT2D eigenvalue weighted by Crippen LogP contribution is 2.34. The van der Waals surface area contributed by atoms with Gasteiger partial charge >= 0.3 is 6.18 Å². The van der Waals surface area contributed by atoms with Gasteiger partial charge < -0.3 is 11.1 Å². The number of alkyl halides is 3. The Hall–Kier alpha value is -3.95. The van der Waals surface area contributed by atoms with Gasteiger partial charge in [0.1, 0.15) is 5.82 Å². The highest BCUT2D eigenvalue weighted by Gasteiger charge is 2.34. The highest BCUT2D eigenvalue weighted by atomic mass is 19.4. The van der Waals surface area contributed by atoms with E-state index >= 15 is 0 Å². The molecule has 4 aromatic rings. The molecule has 29 heavy (non-hydrogen) atoms. The number of halogens is 3. The third-order valence-electron chi connectivity index (χ3n) is 4.22. The van der Waals surface area contributed by atoms with E-state index in [0.717, 1.165) is 23.3 Å². The smallest absolute Gasteiger partial charge is 0.397 e. The van der Waals surface area contributed by atoms with Gasteiger partial charge in [-0.15, -0.1) is 0 Å². The van der Waals surface area contributed by atoms with Crippen LogP contribution in [0.25, 0.3) is 22.0 Å². The van der Waals surface area contributed by atoms with Gasteiger partial charge in [-0.3, -0.25) is 14.9 Å². The molecule has 0 aliphatic carbocycles. The Labute approximate surface area is 161 Å². The molecule has 0 spiro atoms. The quantitative estimate of drug-likeness (QED) is 0.485. The number of benzene rings is 1. The summed E-state index contributed by atoms with van der Waals surface area (Å²) in [4.78, 5) is 20.3. The molecule has 7 nitrogen and oxygen atoms in total. The Kier molecular flexibility index (Phi) is 4.38. The fourth-order valence-corrected chi connectivity index (χ4v) is 2.88. The number of fused-ring (bicyclic) bond motifs is 1. The van der Waals surface area contributed by atoms with Crippen molar-refractivity contribution >= 4 is 28.3 Å². The number of pyridine rings is 2. The van der Waals surface area contributed by atoms with Crippen molar-refractivity contribution < 1.29 is 18.0 Å². The zero-order valence-corrected chi connectivity index (χ0v) is 14.7. The van der Waals surface area contributed by atoms with E-state index in [1.807, 2.05) is 0 Å². The minimum Gasteiger partial charge on any atom is -0.397 e. The molecule has 0 unspecified atom stereocenters. The van der Waals surface area contributed by atoms with Crippen LogP contribution in [0.1, 0.15) is 16.1 Å². The number of amides is 1. The molecule has 1 aromatic carbocycles. The Morgan fingerprint density at radius 2 is 1.93 bits per heavy atom. The molecule has 0 atom stereocenters. The first-order valence-corrected chi connectivity index (χ1v) is 8.35. The van der Waals surface area contributed by atoms with Crippen LogP contribution in [0.2, 0.25) is 0 Å². The Morgan fingerprint density at radius 1 is 1.10 bits per heavy atom. The van der Waals surface area contributed by atoms with Crippen LogP contribution in [0.4, 0.5) is 24.7 Å². The summed E-state index contributed by atoms with van der Waals surface area (Å²) in [5.74, 6) is -1.40. The number of hydrogen-bond donors (Lipinski definition) is 3. The lowest BCUT2D eigenvalue weighted by Crippen LogP contribution is -2.18. The normalized spacial score (nSPS) is 11.6. The van der Waals surface area contributed by atoms with Crippen LogP contribution < -0.4 is 11.1 Å². The van der Waals surface area contributed by atoms with Gasteiger partial charge in [-0.05, 0) is 35.9 Å². The molecule has 0 bridgehead atoms. The second-order valence-corrected chi connectivity index (χ2v) is 6.19. The minimum absolute atomic E-state index is 0.0579. The van der Waals surface area contributed by atoms with Crippen molar-refractivity contribution in [2.24, 2.45) is 0 Å². The fourth-order valence-electron chi connectivity index (χ4n) is 2.88. The first kappa shape index (κ1) is 18.4. The van der Waals surface area contributed by atoms with Gasteiger partial charge in [0.25, 0.3) is 5.91 Å². The number of nitrogens with two attached hydrogens (primary N) is 1. The summed E-state index contributed by atoms with van der Waals surface area (Å²) in [6.07, 6.45) is -0.374. The van der Waals surface area contributed by atoms with Gasteiger partial charge in [-0.25, -0.2) is 4.98 Å². The first-order valence-electron chi connectivity index (χ1n) is 8.35. The van der Waals surface area contributed by atoms with E-state index in [1.54, 1.807) is 30.5 Å². The molecule has 4 N–H and O–H groups in total. The van der Waals surface area contributed by atoms with E-state index in [9.17, 15) is 18.0 Å². The van der Waals surface area contributed by atoms with Gasteiger partial charge in [-0.1, -0.05) is 6.07 Å². The topological polar surface area (TPSA) is 110 Å². The van der Waals surface area contributed by atoms with Gasteiger partial charge in [0, 0.05) is 29.5 Å². The van der Waals surface area contributed by atoms with Crippen molar-refractivity contribution in [1.29, 1.82) is 0 Å². The number of nitrogens with one attached hydrogen (secondary N) is 2. The third-order valence-corrected chi connectivity index (χ3v) is 4.22. The van der Waals surface area contributed by atoms with Gasteiger partial charge in [0.05, 0.1) is 16.8 Å². The average molecular weight is 398 g/mol. The van der Waals surface area contributed by atoms with Gasteiger partial charge in [0.15, 0.2) is 5.69 Å². The number of hydrogen-bond acceptors (Lipinski definition) is 5. The number of nitrogens with zero attached hydrogens (tertiary/aromatic N) is 3. The van der Waals surface area contributed by atoms with E-state index < -0.39 is 23.5 Å². The SMILES string of the molecule is Nc1cncc(-c2ccc3[nH]nc(C(=O)Nc4ncccc4C(F)(F)F)c3c2)c1. The second kappa shape index (κ2) is 6.89. The van der Waals surface area contributed by atoms with Crippen molar-refractivity contribution in [2.45, 2.75) is 6.18 Å². The highest BCUT2D eigenvalue weighted by molar-refractivity contribution is 6.11. The number of carbonyl (C=O) groups excluding carboxylic acids is 1. The Morgan fingerprint density at radius 3 is 2.69 bits per heavy atom. The first-order chi connectivity index (χ1) is 13.8. The van der Waals surface area contributed by atoms with Crippen LogP contribution in [-0.2, 0) is 6.18 Å². The zero-order valence-electron chi connectivity index (χ0n) is 14.7. The lowest BCUT2D eigenvalue weighted by atomic mass is 10.0. The number of H-pyrrole nitrogens is 1. The molecule has 1 amide bonds. The summed E-state index contributed by atoms with van der Waals surface area (Å²) in [7, 11) is 0. The molecule has 3 heterocycles. The average Bonchev–Trinajstić information content (AvgIpc) is 3.11. The predicted molar refractivity (Wildman–Crippen MR) is 101 cm³/mol. The number of aromatic amines is 1. The monoisotopic (exact) mass is 398 g/mol. The minimum atomic E-state index is -4.65. The van der Waals surface area contributed by atoms with Crippen molar-refractivity contribution in [3.05, 3.63) is 66.2 Å². The second-order valence-electron chi connectivity index (χ2n) is 6.19. The van der Waals surface area contributed by atoms with Gasteiger partial charge in [0.2, 0.25) is 0 Å². The summed E-state index contributed by atoms with van der Waals surface area (Å²) in [6.45, 7) is 0. The summed E-state index contributed by atoms with van der Waals surface area (Å²) in [5, 5.41) is 9.28. The lowest BCUT2D eigenvalue weighted by Gasteiger charge is -2.11. The molecule has 0 aliphatic heterocycles. The standard InChI is InChI=1S/C19H13F3N6O/c20-19(21,22)14-2-1-5-25-17(14)26-18(29)16-13-7-10(3-4-15(13)27-28-16)11-6-12(23)9-24-8-11/h1-9H,23H2,(H,27,28)(H,25,26,29). The van der Waals surface area contributed by atoms with Crippen LogP contribution in [0.5, 0.6) is 0 Å². The molecule has 3 aromatic heterocycles. The molecule has 0 radical (unpaired) electrons. The summed E-state index contributed by atoms with van der Waals surface area (Å²) in [5.41, 5.74) is 7.13. The number of nitrogen functional groups attached to an aromatic ring is 1. The zero-order chi connectivity index (χ0) is 20.6. The Bertz CT molecular complexity index is 1220. The van der Waals surface area contributed by atoms with E-state index in [4.69, 9.17) is 5.73 Å². The van der Waals surface area contributed by atoms with Crippen molar-refractivity contribution in [1.82, 2.24) is 20.2 Å². The molecular formula is C19H13F3N6O. The predicted octanol–water partition coefficient (Wildman–Crippen LogP) is 3.87. The van der Waals surface area contributed by atoms with Crippen molar-refractivity contribution in [3.8, 4) is 11.1 Å². The van der Waals surface area contributed by atoms with Crippen molar-refractivity contribution in [2.75, 3.05) is 11.1 Å². The van der Waals surface area contributed by atoms with E-state index in [2.05, 4.69) is 25.5 Å². The third kappa shape index (κ3) is 3.59. The lowest BCUT2D eigenvalue weighted by molar-refractivity contribution is -0.137. The summed E-state index contributed by atoms with van der Waals surface area (Å²) >= 11 is 0. The molecule has 4 rings (SSSR count). The molecule has 0 saturated carbocycles. The van der Waals surface area contributed by atoms with Crippen LogP contribution in [-0.4, -0.2) is 26.1 Å². The number of aromatic nitrogens is 4. The molecule has 146 valence electrons. The molecular weight excluding hydrogens is 385 g/mol. The van der Waals surface area contributed by atoms with Crippen LogP contribution in [0.15, 0.2) is 55.0 Å². The largest absolute Gasteiger partial charge is 0.419 e. The van der Waals surface area contributed by atoms with E-state index in [-0.39, 0.29) is 5.69 Å². The van der Waals surface area contributed by atoms with Crippen LogP contribution in [0.3, 0.4) is 0 Å². The van der Waals surface area contributed by atoms with Crippen LogP contribution >= 0.6 is 0 Å². The number of anilines is 2.